The molecule has 0 radical (unpaired) electrons. The SMILES string of the molecule is O=C(NCc1ccccc1)C(=O)N1CCCc2ccccc21. The Kier molecular flexibility index (Phi) is 4.19. The second-order valence-corrected chi connectivity index (χ2v) is 5.36. The quantitative estimate of drug-likeness (QED) is 0.864. The third kappa shape index (κ3) is 3.01. The Hall–Kier alpha value is -2.62. The van der Waals surface area contributed by atoms with Gasteiger partial charge in [0, 0.05) is 18.8 Å². The van der Waals surface area contributed by atoms with Crippen LogP contribution in [0.15, 0.2) is 54.6 Å². The Morgan fingerprint density at radius 3 is 2.55 bits per heavy atom. The fourth-order valence-electron chi connectivity index (χ4n) is 2.72. The summed E-state index contributed by atoms with van der Waals surface area (Å²) in [6.45, 7) is 0.954. The van der Waals surface area contributed by atoms with Gasteiger partial charge in [-0.3, -0.25) is 9.59 Å². The molecule has 2 aromatic rings. The summed E-state index contributed by atoms with van der Waals surface area (Å²) in [5, 5.41) is 2.70. The summed E-state index contributed by atoms with van der Waals surface area (Å²) >= 11 is 0. The summed E-state index contributed by atoms with van der Waals surface area (Å²) < 4.78 is 0. The van der Waals surface area contributed by atoms with Crippen LogP contribution in [0.1, 0.15) is 17.5 Å². The molecule has 1 heterocycles. The number of nitrogens with zero attached hydrogens (tertiary/aromatic N) is 1. The zero-order valence-corrected chi connectivity index (χ0v) is 12.3. The molecule has 0 aliphatic carbocycles. The van der Waals surface area contributed by atoms with Crippen molar-refractivity contribution >= 4 is 17.5 Å². The summed E-state index contributed by atoms with van der Waals surface area (Å²) in [6.07, 6.45) is 1.83. The van der Waals surface area contributed by atoms with Crippen molar-refractivity contribution in [2.75, 3.05) is 11.4 Å². The minimum absolute atomic E-state index is 0.362. The van der Waals surface area contributed by atoms with E-state index in [9.17, 15) is 9.59 Å². The maximum Gasteiger partial charge on any atom is 0.316 e. The largest absolute Gasteiger partial charge is 0.344 e. The van der Waals surface area contributed by atoms with Crippen molar-refractivity contribution in [2.24, 2.45) is 0 Å². The lowest BCUT2D eigenvalue weighted by atomic mass is 10.0. The van der Waals surface area contributed by atoms with Crippen molar-refractivity contribution in [1.29, 1.82) is 0 Å². The standard InChI is InChI=1S/C18H18N2O2/c21-17(19-13-14-7-2-1-3-8-14)18(22)20-12-6-10-15-9-4-5-11-16(15)20/h1-5,7-9,11H,6,10,12-13H2,(H,19,21). The highest BCUT2D eigenvalue weighted by atomic mass is 16.2. The third-order valence-electron chi connectivity index (χ3n) is 3.85. The van der Waals surface area contributed by atoms with Gasteiger partial charge < -0.3 is 10.2 Å². The minimum Gasteiger partial charge on any atom is -0.344 e. The molecule has 2 amide bonds. The maximum atomic E-state index is 12.4. The topological polar surface area (TPSA) is 49.4 Å². The van der Waals surface area contributed by atoms with E-state index in [1.807, 2.05) is 54.6 Å². The molecule has 0 saturated heterocycles. The van der Waals surface area contributed by atoms with Crippen LogP contribution in [0, 0.1) is 0 Å². The molecule has 0 fully saturated rings. The van der Waals surface area contributed by atoms with Crippen molar-refractivity contribution in [3.05, 3.63) is 65.7 Å². The first kappa shape index (κ1) is 14.3. The van der Waals surface area contributed by atoms with E-state index in [4.69, 9.17) is 0 Å². The normalized spacial score (nSPS) is 13.4. The molecule has 22 heavy (non-hydrogen) atoms. The minimum atomic E-state index is -0.555. The van der Waals surface area contributed by atoms with E-state index in [0.717, 1.165) is 29.7 Å². The van der Waals surface area contributed by atoms with Crippen LogP contribution in [0.5, 0.6) is 0 Å². The zero-order valence-electron chi connectivity index (χ0n) is 12.3. The highest BCUT2D eigenvalue weighted by Crippen LogP contribution is 2.26. The lowest BCUT2D eigenvalue weighted by Gasteiger charge is -2.28. The number of rotatable bonds is 2. The predicted octanol–water partition coefficient (Wildman–Crippen LogP) is 2.28. The molecule has 1 aliphatic rings. The molecule has 4 heteroatoms. The van der Waals surface area contributed by atoms with Gasteiger partial charge >= 0.3 is 11.8 Å². The number of aryl methyl sites for hydroxylation is 1. The molecule has 0 bridgehead atoms. The molecular formula is C18H18N2O2. The van der Waals surface area contributed by atoms with Crippen LogP contribution in [0.4, 0.5) is 5.69 Å². The molecule has 0 atom stereocenters. The number of para-hydroxylation sites is 1. The molecule has 2 aromatic carbocycles. The average molecular weight is 294 g/mol. The lowest BCUT2D eigenvalue weighted by molar-refractivity contribution is -0.137. The average Bonchev–Trinajstić information content (AvgIpc) is 2.59. The fourth-order valence-corrected chi connectivity index (χ4v) is 2.72. The predicted molar refractivity (Wildman–Crippen MR) is 85.4 cm³/mol. The first-order valence-corrected chi connectivity index (χ1v) is 7.47. The van der Waals surface area contributed by atoms with E-state index in [2.05, 4.69) is 5.32 Å². The van der Waals surface area contributed by atoms with Crippen molar-refractivity contribution in [3.63, 3.8) is 0 Å². The van der Waals surface area contributed by atoms with Crippen molar-refractivity contribution in [3.8, 4) is 0 Å². The van der Waals surface area contributed by atoms with Gasteiger partial charge in [-0.1, -0.05) is 48.5 Å². The number of carbonyl (C=O) groups is 2. The molecule has 1 N–H and O–H groups in total. The number of nitrogens with one attached hydrogen (secondary N) is 1. The van der Waals surface area contributed by atoms with Crippen LogP contribution in [-0.2, 0) is 22.6 Å². The van der Waals surface area contributed by atoms with E-state index in [0.29, 0.717) is 13.1 Å². The first-order valence-electron chi connectivity index (χ1n) is 7.47. The van der Waals surface area contributed by atoms with Crippen LogP contribution in [0.2, 0.25) is 0 Å². The van der Waals surface area contributed by atoms with E-state index < -0.39 is 11.8 Å². The number of hydrogen-bond acceptors (Lipinski definition) is 2. The highest BCUT2D eigenvalue weighted by molar-refractivity contribution is 6.40. The van der Waals surface area contributed by atoms with Crippen LogP contribution in [0.3, 0.4) is 0 Å². The van der Waals surface area contributed by atoms with Gasteiger partial charge in [0.15, 0.2) is 0 Å². The second-order valence-electron chi connectivity index (χ2n) is 5.36. The number of benzene rings is 2. The summed E-state index contributed by atoms with van der Waals surface area (Å²) in [7, 11) is 0. The molecule has 1 aliphatic heterocycles. The first-order chi connectivity index (χ1) is 10.8. The lowest BCUT2D eigenvalue weighted by Crippen LogP contribution is -2.45. The smallest absolute Gasteiger partial charge is 0.316 e. The Morgan fingerprint density at radius 2 is 1.73 bits per heavy atom. The molecule has 4 nitrogen and oxygen atoms in total. The van der Waals surface area contributed by atoms with Gasteiger partial charge in [-0.2, -0.15) is 0 Å². The Balaban J connectivity index is 1.68. The van der Waals surface area contributed by atoms with Crippen LogP contribution in [-0.4, -0.2) is 18.4 Å². The fraction of sp³-hybridized carbons (Fsp3) is 0.222. The molecule has 112 valence electrons. The van der Waals surface area contributed by atoms with Crippen molar-refractivity contribution < 1.29 is 9.59 Å². The summed E-state index contributed by atoms with van der Waals surface area (Å²) in [6, 6.07) is 17.3. The van der Waals surface area contributed by atoms with Gasteiger partial charge in [-0.15, -0.1) is 0 Å². The maximum absolute atomic E-state index is 12.4. The molecule has 3 rings (SSSR count). The Morgan fingerprint density at radius 1 is 1.00 bits per heavy atom. The molecule has 0 aromatic heterocycles. The number of fused-ring (bicyclic) bond motifs is 1. The van der Waals surface area contributed by atoms with E-state index in [1.165, 1.54) is 0 Å². The van der Waals surface area contributed by atoms with Gasteiger partial charge in [0.1, 0.15) is 0 Å². The van der Waals surface area contributed by atoms with Gasteiger partial charge in [0.2, 0.25) is 0 Å². The summed E-state index contributed by atoms with van der Waals surface area (Å²) in [5.41, 5.74) is 2.95. The highest BCUT2D eigenvalue weighted by Gasteiger charge is 2.26. The Labute approximate surface area is 129 Å². The molecule has 0 unspecified atom stereocenters. The van der Waals surface area contributed by atoms with Gasteiger partial charge in [-0.05, 0) is 30.0 Å². The van der Waals surface area contributed by atoms with Crippen LogP contribution >= 0.6 is 0 Å². The van der Waals surface area contributed by atoms with Crippen molar-refractivity contribution in [1.82, 2.24) is 5.32 Å². The molecular weight excluding hydrogens is 276 g/mol. The summed E-state index contributed by atoms with van der Waals surface area (Å²) in [5.74, 6) is -1.04. The number of carbonyl (C=O) groups excluding carboxylic acids is 2. The van der Waals surface area contributed by atoms with E-state index in [1.54, 1.807) is 4.90 Å². The number of anilines is 1. The van der Waals surface area contributed by atoms with E-state index >= 15 is 0 Å². The van der Waals surface area contributed by atoms with Gasteiger partial charge in [0.25, 0.3) is 0 Å². The van der Waals surface area contributed by atoms with Crippen LogP contribution < -0.4 is 10.2 Å². The van der Waals surface area contributed by atoms with Crippen LogP contribution in [0.25, 0.3) is 0 Å². The van der Waals surface area contributed by atoms with E-state index in [-0.39, 0.29) is 0 Å². The Bertz CT molecular complexity index is 682. The zero-order chi connectivity index (χ0) is 15.4. The number of hydrogen-bond donors (Lipinski definition) is 1. The van der Waals surface area contributed by atoms with Crippen molar-refractivity contribution in [2.45, 2.75) is 19.4 Å². The third-order valence-corrected chi connectivity index (χ3v) is 3.85. The molecule has 0 saturated carbocycles. The molecule has 0 spiro atoms. The van der Waals surface area contributed by atoms with Gasteiger partial charge in [-0.25, -0.2) is 0 Å². The van der Waals surface area contributed by atoms with Gasteiger partial charge in [0.05, 0.1) is 0 Å². The monoisotopic (exact) mass is 294 g/mol. The summed E-state index contributed by atoms with van der Waals surface area (Å²) in [4.78, 5) is 26.1. The second kappa shape index (κ2) is 6.43. The number of amides is 2.